The van der Waals surface area contributed by atoms with Gasteiger partial charge in [0.1, 0.15) is 0 Å². The van der Waals surface area contributed by atoms with Crippen LogP contribution < -0.4 is 5.32 Å². The summed E-state index contributed by atoms with van der Waals surface area (Å²) in [5.74, 6) is 0.932. The summed E-state index contributed by atoms with van der Waals surface area (Å²) in [5, 5.41) is 13.4. The zero-order chi connectivity index (χ0) is 12.1. The fourth-order valence-electron chi connectivity index (χ4n) is 3.61. The lowest BCUT2D eigenvalue weighted by atomic mass is 9.90. The van der Waals surface area contributed by atoms with Gasteiger partial charge in [-0.3, -0.25) is 0 Å². The van der Waals surface area contributed by atoms with Crippen LogP contribution in [0.1, 0.15) is 71.1 Å². The predicted molar refractivity (Wildman–Crippen MR) is 72.1 cm³/mol. The maximum absolute atomic E-state index is 9.53. The van der Waals surface area contributed by atoms with Crippen LogP contribution in [0.2, 0.25) is 0 Å². The van der Waals surface area contributed by atoms with Gasteiger partial charge in [-0.25, -0.2) is 0 Å². The summed E-state index contributed by atoms with van der Waals surface area (Å²) in [6.45, 7) is 2.29. The van der Waals surface area contributed by atoms with Crippen LogP contribution in [0.3, 0.4) is 0 Å². The Morgan fingerprint density at radius 3 is 2.53 bits per heavy atom. The Morgan fingerprint density at radius 2 is 1.82 bits per heavy atom. The molecule has 2 saturated carbocycles. The first-order valence-electron chi connectivity index (χ1n) is 7.73. The van der Waals surface area contributed by atoms with Crippen molar-refractivity contribution in [2.75, 3.05) is 0 Å². The average Bonchev–Trinajstić information content (AvgIpc) is 2.77. The summed E-state index contributed by atoms with van der Waals surface area (Å²) in [6.07, 6.45) is 12.7. The Balaban J connectivity index is 1.73. The molecule has 2 atom stereocenters. The van der Waals surface area contributed by atoms with Crippen LogP contribution in [0.4, 0.5) is 0 Å². The Kier molecular flexibility index (Phi) is 5.30. The van der Waals surface area contributed by atoms with Crippen molar-refractivity contribution in [3.63, 3.8) is 0 Å². The van der Waals surface area contributed by atoms with Crippen molar-refractivity contribution < 1.29 is 5.11 Å². The number of hydrogen-bond acceptors (Lipinski definition) is 2. The van der Waals surface area contributed by atoms with Gasteiger partial charge in [-0.2, -0.15) is 0 Å². The Hall–Kier alpha value is -0.0800. The van der Waals surface area contributed by atoms with Gasteiger partial charge in [0.2, 0.25) is 0 Å². The second kappa shape index (κ2) is 6.75. The standard InChI is InChI=1S/C15H29NO/c1-2-3-5-12-6-4-7-15(12)16-13-8-10-14(17)11-9-13/h12-17H,2-11H2,1H3. The molecule has 0 aliphatic heterocycles. The lowest BCUT2D eigenvalue weighted by molar-refractivity contribution is 0.112. The largest absolute Gasteiger partial charge is 0.393 e. The fraction of sp³-hybridized carbons (Fsp3) is 1.00. The lowest BCUT2D eigenvalue weighted by Gasteiger charge is -2.31. The molecule has 2 N–H and O–H groups in total. The van der Waals surface area contributed by atoms with Crippen molar-refractivity contribution in [3.8, 4) is 0 Å². The van der Waals surface area contributed by atoms with Crippen LogP contribution in [0, 0.1) is 5.92 Å². The van der Waals surface area contributed by atoms with Crippen LogP contribution in [0.15, 0.2) is 0 Å². The third kappa shape index (κ3) is 3.96. The Morgan fingerprint density at radius 1 is 1.06 bits per heavy atom. The summed E-state index contributed by atoms with van der Waals surface area (Å²) >= 11 is 0. The number of aliphatic hydroxyl groups excluding tert-OH is 1. The van der Waals surface area contributed by atoms with Gasteiger partial charge in [0.05, 0.1) is 6.10 Å². The number of aliphatic hydroxyl groups is 1. The molecular weight excluding hydrogens is 210 g/mol. The number of hydrogen-bond donors (Lipinski definition) is 2. The third-order valence-electron chi connectivity index (χ3n) is 4.73. The van der Waals surface area contributed by atoms with Crippen LogP contribution in [-0.4, -0.2) is 23.3 Å². The van der Waals surface area contributed by atoms with Gasteiger partial charge in [0, 0.05) is 12.1 Å². The molecule has 0 saturated heterocycles. The maximum Gasteiger partial charge on any atom is 0.0541 e. The van der Waals surface area contributed by atoms with E-state index in [9.17, 15) is 5.11 Å². The third-order valence-corrected chi connectivity index (χ3v) is 4.73. The highest BCUT2D eigenvalue weighted by Gasteiger charge is 2.29. The molecule has 2 aliphatic rings. The SMILES string of the molecule is CCCCC1CCCC1NC1CCC(O)CC1. The molecule has 0 bridgehead atoms. The molecule has 2 nitrogen and oxygen atoms in total. The molecule has 2 unspecified atom stereocenters. The van der Waals surface area contributed by atoms with E-state index in [-0.39, 0.29) is 6.10 Å². The number of nitrogens with one attached hydrogen (secondary N) is 1. The van der Waals surface area contributed by atoms with E-state index in [0.29, 0.717) is 6.04 Å². The second-order valence-corrected chi connectivity index (χ2v) is 6.11. The summed E-state index contributed by atoms with van der Waals surface area (Å²) in [7, 11) is 0. The monoisotopic (exact) mass is 239 g/mol. The quantitative estimate of drug-likeness (QED) is 0.772. The molecule has 0 radical (unpaired) electrons. The van der Waals surface area contributed by atoms with Crippen LogP contribution >= 0.6 is 0 Å². The van der Waals surface area contributed by atoms with E-state index < -0.39 is 0 Å². The minimum absolute atomic E-state index is 0.0208. The van der Waals surface area contributed by atoms with Gasteiger partial charge in [-0.05, 0) is 50.9 Å². The second-order valence-electron chi connectivity index (χ2n) is 6.11. The fourth-order valence-corrected chi connectivity index (χ4v) is 3.61. The molecule has 0 aromatic rings. The molecule has 2 aliphatic carbocycles. The lowest BCUT2D eigenvalue weighted by Crippen LogP contribution is -2.42. The van der Waals surface area contributed by atoms with Crippen LogP contribution in [-0.2, 0) is 0 Å². The highest BCUT2D eigenvalue weighted by atomic mass is 16.3. The van der Waals surface area contributed by atoms with E-state index in [4.69, 9.17) is 0 Å². The molecule has 0 heterocycles. The van der Waals surface area contributed by atoms with Gasteiger partial charge in [0.25, 0.3) is 0 Å². The number of unbranched alkanes of at least 4 members (excludes halogenated alkanes) is 1. The van der Waals surface area contributed by atoms with Crippen molar-refractivity contribution in [1.82, 2.24) is 5.32 Å². The van der Waals surface area contributed by atoms with Crippen molar-refractivity contribution in [1.29, 1.82) is 0 Å². The topological polar surface area (TPSA) is 32.3 Å². The van der Waals surface area contributed by atoms with E-state index in [0.717, 1.165) is 24.8 Å². The average molecular weight is 239 g/mol. The highest BCUT2D eigenvalue weighted by Crippen LogP contribution is 2.31. The van der Waals surface area contributed by atoms with Crippen molar-refractivity contribution in [2.45, 2.75) is 89.3 Å². The Bertz CT molecular complexity index is 211. The first kappa shape index (κ1) is 13.4. The maximum atomic E-state index is 9.53. The normalized spacial score (nSPS) is 38.5. The molecule has 0 amide bonds. The van der Waals surface area contributed by atoms with Crippen LogP contribution in [0.25, 0.3) is 0 Å². The van der Waals surface area contributed by atoms with Crippen LogP contribution in [0.5, 0.6) is 0 Å². The molecule has 0 aromatic carbocycles. The van der Waals surface area contributed by atoms with Gasteiger partial charge in [-0.1, -0.05) is 26.2 Å². The first-order chi connectivity index (χ1) is 8.29. The van der Waals surface area contributed by atoms with E-state index >= 15 is 0 Å². The van der Waals surface area contributed by atoms with Gasteiger partial charge in [0.15, 0.2) is 0 Å². The van der Waals surface area contributed by atoms with Gasteiger partial charge >= 0.3 is 0 Å². The highest BCUT2D eigenvalue weighted by molar-refractivity contribution is 4.87. The van der Waals surface area contributed by atoms with E-state index in [1.54, 1.807) is 0 Å². The molecular formula is C15H29NO. The summed E-state index contributed by atoms with van der Waals surface area (Å²) in [6, 6.07) is 1.47. The van der Waals surface area contributed by atoms with Gasteiger partial charge < -0.3 is 10.4 Å². The molecule has 2 heteroatoms. The molecule has 2 fully saturated rings. The molecule has 2 rings (SSSR count). The van der Waals surface area contributed by atoms with E-state index in [1.807, 2.05) is 0 Å². The van der Waals surface area contributed by atoms with Gasteiger partial charge in [-0.15, -0.1) is 0 Å². The molecule has 0 aromatic heterocycles. The Labute approximate surface area is 106 Å². The zero-order valence-electron chi connectivity index (χ0n) is 11.3. The molecule has 17 heavy (non-hydrogen) atoms. The molecule has 0 spiro atoms. The minimum Gasteiger partial charge on any atom is -0.393 e. The predicted octanol–water partition coefficient (Wildman–Crippen LogP) is 3.24. The minimum atomic E-state index is -0.0208. The van der Waals surface area contributed by atoms with Crippen molar-refractivity contribution in [2.24, 2.45) is 5.92 Å². The van der Waals surface area contributed by atoms with Crippen molar-refractivity contribution >= 4 is 0 Å². The van der Waals surface area contributed by atoms with E-state index in [2.05, 4.69) is 12.2 Å². The van der Waals surface area contributed by atoms with E-state index in [1.165, 1.54) is 51.4 Å². The van der Waals surface area contributed by atoms with Crippen molar-refractivity contribution in [3.05, 3.63) is 0 Å². The summed E-state index contributed by atoms with van der Waals surface area (Å²) in [4.78, 5) is 0. The smallest absolute Gasteiger partial charge is 0.0541 e. The molecule has 100 valence electrons. The zero-order valence-corrected chi connectivity index (χ0v) is 11.3. The summed E-state index contributed by atoms with van der Waals surface area (Å²) in [5.41, 5.74) is 0. The number of rotatable bonds is 5. The first-order valence-corrected chi connectivity index (χ1v) is 7.73. The summed E-state index contributed by atoms with van der Waals surface area (Å²) < 4.78 is 0.